The van der Waals surface area contributed by atoms with Crippen LogP contribution < -0.4 is 0 Å². The Morgan fingerprint density at radius 3 is 2.14 bits per heavy atom. The van der Waals surface area contributed by atoms with E-state index in [4.69, 9.17) is 5.26 Å². The zero-order valence-corrected chi connectivity index (χ0v) is 9.68. The molecule has 1 heteroatoms. The monoisotopic (exact) mass is 193 g/mol. The highest BCUT2D eigenvalue weighted by Crippen LogP contribution is 2.16. The molecule has 0 saturated carbocycles. The van der Waals surface area contributed by atoms with Gasteiger partial charge in [-0.25, -0.2) is 0 Å². The number of hydrogen-bond acceptors (Lipinski definition) is 1. The lowest BCUT2D eigenvalue weighted by molar-refractivity contribution is 0.707. The summed E-state index contributed by atoms with van der Waals surface area (Å²) in [5.41, 5.74) is 1.57. The molecule has 0 N–H and O–H groups in total. The van der Waals surface area contributed by atoms with Crippen molar-refractivity contribution in [2.45, 2.75) is 65.2 Å². The number of nitrogens with zero attached hydrogens (tertiary/aromatic N) is 1. The first kappa shape index (κ1) is 13.2. The van der Waals surface area contributed by atoms with Crippen LogP contribution in [0.4, 0.5) is 0 Å². The van der Waals surface area contributed by atoms with Crippen molar-refractivity contribution in [3.63, 3.8) is 0 Å². The summed E-state index contributed by atoms with van der Waals surface area (Å²) in [6.45, 7) is 4.46. The molecular formula is C13H23N. The van der Waals surface area contributed by atoms with Gasteiger partial charge in [-0.15, -0.1) is 0 Å². The van der Waals surface area contributed by atoms with E-state index in [2.05, 4.69) is 26.0 Å². The van der Waals surface area contributed by atoms with Crippen LogP contribution in [0.2, 0.25) is 0 Å². The highest BCUT2D eigenvalue weighted by atomic mass is 14.2. The molecule has 14 heavy (non-hydrogen) atoms. The van der Waals surface area contributed by atoms with Gasteiger partial charge in [-0.3, -0.25) is 0 Å². The average Bonchev–Trinajstić information content (AvgIpc) is 2.21. The summed E-state index contributed by atoms with van der Waals surface area (Å²) in [6.07, 6.45) is 11.5. The molecule has 0 aliphatic rings. The van der Waals surface area contributed by atoms with Gasteiger partial charge in [0.1, 0.15) is 0 Å². The van der Waals surface area contributed by atoms with E-state index < -0.39 is 0 Å². The first-order chi connectivity index (χ1) is 6.85. The summed E-state index contributed by atoms with van der Waals surface area (Å²) in [4.78, 5) is 0. The molecule has 0 spiro atoms. The van der Waals surface area contributed by atoms with Crippen molar-refractivity contribution >= 4 is 0 Å². The fourth-order valence-corrected chi connectivity index (χ4v) is 1.48. The second kappa shape index (κ2) is 10.3. The minimum atomic E-state index is 0.668. The van der Waals surface area contributed by atoms with E-state index in [1.165, 1.54) is 38.5 Å². The standard InChI is InChI=1S/C13H23N/c1-3-5-9-13(10-6-4-2)11-7-8-12-14/h11H,3-10H2,1-2H3. The summed E-state index contributed by atoms with van der Waals surface area (Å²) in [5, 5.41) is 8.45. The topological polar surface area (TPSA) is 23.8 Å². The van der Waals surface area contributed by atoms with Crippen LogP contribution in [0, 0.1) is 11.3 Å². The van der Waals surface area contributed by atoms with Gasteiger partial charge in [0, 0.05) is 6.42 Å². The van der Waals surface area contributed by atoms with Crippen molar-refractivity contribution in [2.24, 2.45) is 0 Å². The van der Waals surface area contributed by atoms with Crippen LogP contribution in [0.3, 0.4) is 0 Å². The van der Waals surface area contributed by atoms with Crippen LogP contribution in [0.15, 0.2) is 11.6 Å². The molecule has 80 valence electrons. The molecule has 0 radical (unpaired) electrons. The van der Waals surface area contributed by atoms with Gasteiger partial charge in [-0.05, 0) is 32.1 Å². The Labute approximate surface area is 88.8 Å². The van der Waals surface area contributed by atoms with Gasteiger partial charge in [-0.1, -0.05) is 38.3 Å². The van der Waals surface area contributed by atoms with Gasteiger partial charge in [0.15, 0.2) is 0 Å². The summed E-state index contributed by atoms with van der Waals surface area (Å²) in [6, 6.07) is 2.19. The Morgan fingerprint density at radius 1 is 1.14 bits per heavy atom. The largest absolute Gasteiger partial charge is 0.198 e. The van der Waals surface area contributed by atoms with Crippen molar-refractivity contribution in [1.82, 2.24) is 0 Å². The summed E-state index contributed by atoms with van der Waals surface area (Å²) >= 11 is 0. The molecular weight excluding hydrogens is 170 g/mol. The molecule has 0 atom stereocenters. The third kappa shape index (κ3) is 7.86. The van der Waals surface area contributed by atoms with E-state index in [9.17, 15) is 0 Å². The maximum Gasteiger partial charge on any atom is 0.0625 e. The first-order valence-corrected chi connectivity index (χ1v) is 5.90. The molecule has 0 fully saturated rings. The minimum absolute atomic E-state index is 0.668. The van der Waals surface area contributed by atoms with Gasteiger partial charge in [-0.2, -0.15) is 5.26 Å². The normalized spacial score (nSPS) is 9.50. The van der Waals surface area contributed by atoms with E-state index in [1.54, 1.807) is 5.57 Å². The number of rotatable bonds is 8. The lowest BCUT2D eigenvalue weighted by Gasteiger charge is -2.05. The number of nitriles is 1. The van der Waals surface area contributed by atoms with Crippen LogP contribution in [0.1, 0.15) is 65.2 Å². The van der Waals surface area contributed by atoms with Gasteiger partial charge in [0.25, 0.3) is 0 Å². The molecule has 1 nitrogen and oxygen atoms in total. The van der Waals surface area contributed by atoms with Crippen molar-refractivity contribution in [1.29, 1.82) is 5.26 Å². The Balaban J connectivity index is 3.82. The zero-order valence-electron chi connectivity index (χ0n) is 9.68. The van der Waals surface area contributed by atoms with Crippen LogP contribution in [0.5, 0.6) is 0 Å². The maximum atomic E-state index is 8.45. The number of unbranched alkanes of at least 4 members (excludes halogenated alkanes) is 3. The van der Waals surface area contributed by atoms with E-state index in [0.29, 0.717) is 6.42 Å². The molecule has 0 aromatic rings. The Kier molecular flexibility index (Phi) is 9.74. The maximum absolute atomic E-state index is 8.45. The molecule has 0 saturated heterocycles. The fraction of sp³-hybridized carbons (Fsp3) is 0.769. The molecule has 0 aliphatic carbocycles. The third-order valence-electron chi connectivity index (χ3n) is 2.39. The van der Waals surface area contributed by atoms with Crippen molar-refractivity contribution < 1.29 is 0 Å². The quantitative estimate of drug-likeness (QED) is 0.408. The smallest absolute Gasteiger partial charge is 0.0625 e. The lowest BCUT2D eigenvalue weighted by Crippen LogP contribution is -1.85. The van der Waals surface area contributed by atoms with Crippen molar-refractivity contribution in [3.05, 3.63) is 11.6 Å². The van der Waals surface area contributed by atoms with Crippen molar-refractivity contribution in [2.75, 3.05) is 0 Å². The molecule has 0 aromatic heterocycles. The van der Waals surface area contributed by atoms with E-state index in [1.807, 2.05) is 0 Å². The highest BCUT2D eigenvalue weighted by Gasteiger charge is 1.96. The van der Waals surface area contributed by atoms with Crippen LogP contribution in [-0.4, -0.2) is 0 Å². The third-order valence-corrected chi connectivity index (χ3v) is 2.39. The van der Waals surface area contributed by atoms with Gasteiger partial charge >= 0.3 is 0 Å². The number of allylic oxidation sites excluding steroid dienone is 2. The average molecular weight is 193 g/mol. The molecule has 0 aromatic carbocycles. The first-order valence-electron chi connectivity index (χ1n) is 5.90. The van der Waals surface area contributed by atoms with E-state index in [0.717, 1.165) is 6.42 Å². The minimum Gasteiger partial charge on any atom is -0.198 e. The summed E-state index contributed by atoms with van der Waals surface area (Å²) in [7, 11) is 0. The van der Waals surface area contributed by atoms with E-state index in [-0.39, 0.29) is 0 Å². The van der Waals surface area contributed by atoms with Crippen molar-refractivity contribution in [3.8, 4) is 6.07 Å². The van der Waals surface area contributed by atoms with Crippen LogP contribution >= 0.6 is 0 Å². The summed E-state index contributed by atoms with van der Waals surface area (Å²) < 4.78 is 0. The Hall–Kier alpha value is -0.770. The second-order valence-corrected chi connectivity index (χ2v) is 3.77. The molecule has 0 bridgehead atoms. The molecule has 0 rings (SSSR count). The predicted octanol–water partition coefficient (Wildman–Crippen LogP) is 4.60. The summed E-state index contributed by atoms with van der Waals surface area (Å²) in [5.74, 6) is 0. The SMILES string of the molecule is CCCCC(=CCCC#N)CCCC. The Bertz CT molecular complexity index is 176. The number of hydrogen-bond donors (Lipinski definition) is 0. The second-order valence-electron chi connectivity index (χ2n) is 3.77. The predicted molar refractivity (Wildman–Crippen MR) is 62.0 cm³/mol. The van der Waals surface area contributed by atoms with Crippen LogP contribution in [0.25, 0.3) is 0 Å². The van der Waals surface area contributed by atoms with Gasteiger partial charge < -0.3 is 0 Å². The van der Waals surface area contributed by atoms with Gasteiger partial charge in [0.05, 0.1) is 6.07 Å². The van der Waals surface area contributed by atoms with E-state index >= 15 is 0 Å². The highest BCUT2D eigenvalue weighted by molar-refractivity contribution is 5.02. The van der Waals surface area contributed by atoms with Crippen LogP contribution in [-0.2, 0) is 0 Å². The molecule has 0 unspecified atom stereocenters. The van der Waals surface area contributed by atoms with Gasteiger partial charge in [0.2, 0.25) is 0 Å². The molecule has 0 amide bonds. The molecule has 0 heterocycles. The lowest BCUT2D eigenvalue weighted by atomic mass is 10.0. The Morgan fingerprint density at radius 2 is 1.71 bits per heavy atom. The fourth-order valence-electron chi connectivity index (χ4n) is 1.48. The zero-order chi connectivity index (χ0) is 10.6. The molecule has 0 aliphatic heterocycles.